The van der Waals surface area contributed by atoms with E-state index in [2.05, 4.69) is 0 Å². The second-order valence-corrected chi connectivity index (χ2v) is 0. The normalized spacial score (nSPS) is 0. The summed E-state index contributed by atoms with van der Waals surface area (Å²) < 4.78 is 0. The van der Waals surface area contributed by atoms with Crippen LogP contribution in [-0.2, 0) is 0 Å². The zero-order valence-corrected chi connectivity index (χ0v) is 10.5. The van der Waals surface area contributed by atoms with Crippen LogP contribution in [-0.4, -0.2) is 23.1 Å². The fraction of sp³-hybridized carbons (Fsp3) is 0. The maximum Gasteiger partial charge on any atom is 2.00 e. The van der Waals surface area contributed by atoms with E-state index in [4.69, 9.17) is 0 Å². The Labute approximate surface area is 119 Å². The molecule has 0 bridgehead atoms. The van der Waals surface area contributed by atoms with Gasteiger partial charge in [-0.25, -0.2) is 0 Å². The Morgan fingerprint density at radius 3 is 1.25 bits per heavy atom. The third kappa shape index (κ3) is 9.19. The van der Waals surface area contributed by atoms with Crippen LogP contribution in [0.15, 0.2) is 0 Å². The summed E-state index contributed by atoms with van der Waals surface area (Å²) in [6, 6.07) is 0. The van der Waals surface area contributed by atoms with Crippen LogP contribution in [0.3, 0.4) is 0 Å². The summed E-state index contributed by atoms with van der Waals surface area (Å²) in [5.74, 6) is 0. The molecule has 4 heavy (non-hydrogen) atoms. The van der Waals surface area contributed by atoms with Crippen molar-refractivity contribution in [2.24, 2.45) is 0 Å². The summed E-state index contributed by atoms with van der Waals surface area (Å²) in [7, 11) is 0. The van der Waals surface area contributed by atoms with Crippen molar-refractivity contribution in [1.82, 2.24) is 0 Å². The van der Waals surface area contributed by atoms with Gasteiger partial charge in [-0.3, -0.25) is 0 Å². The van der Waals surface area contributed by atoms with Crippen molar-refractivity contribution in [3.05, 3.63) is 0 Å². The van der Waals surface area contributed by atoms with Gasteiger partial charge >= 0.3 is 104 Å². The molecule has 0 radical (unpaired) electrons. The largest absolute Gasteiger partial charge is 2.00 e. The van der Waals surface area contributed by atoms with Gasteiger partial charge in [0.2, 0.25) is 0 Å². The molecule has 0 aliphatic rings. The van der Waals surface area contributed by atoms with Crippen LogP contribution >= 0.6 is 12.4 Å². The summed E-state index contributed by atoms with van der Waals surface area (Å²) in [6.07, 6.45) is 0. The first-order chi connectivity index (χ1) is 0. The SMILES string of the molecule is Cl.[H-].[H-].[H-].[H-].[K+].[Mg+2].[Na+]. The monoisotopic (exact) mass is 126 g/mol. The average molecular weight is 127 g/mol. The van der Waals surface area contributed by atoms with Crippen molar-refractivity contribution in [2.45, 2.75) is 0 Å². The molecule has 4 heteroatoms. The molecule has 0 aliphatic heterocycles. The van der Waals surface area contributed by atoms with Gasteiger partial charge < -0.3 is 5.71 Å². The van der Waals surface area contributed by atoms with Gasteiger partial charge in [-0.2, -0.15) is 0 Å². The average Bonchev–Trinajstić information content (AvgIpc) is 0. The Kier molecular flexibility index (Phi) is 100. The predicted molar refractivity (Wildman–Crippen MR) is 17.4 cm³/mol. The van der Waals surface area contributed by atoms with Gasteiger partial charge in [-0.15, -0.1) is 12.4 Å². The maximum absolute atomic E-state index is 0. The minimum atomic E-state index is 0. The first kappa shape index (κ1) is 25.3. The van der Waals surface area contributed by atoms with E-state index in [0.29, 0.717) is 0 Å². The summed E-state index contributed by atoms with van der Waals surface area (Å²) in [4.78, 5) is 0. The fourth-order valence-electron chi connectivity index (χ4n) is 0. The van der Waals surface area contributed by atoms with E-state index in [1.54, 1.807) is 0 Å². The Hall–Kier alpha value is 3.69. The molecule has 0 spiro atoms. The summed E-state index contributed by atoms with van der Waals surface area (Å²) in [5.41, 5.74) is 0. The molecule has 0 atom stereocenters. The first-order valence-electron chi connectivity index (χ1n) is 0. The van der Waals surface area contributed by atoms with Crippen molar-refractivity contribution in [1.29, 1.82) is 0 Å². The molecule has 0 rings (SSSR count). The van der Waals surface area contributed by atoms with E-state index in [1.165, 1.54) is 0 Å². The van der Waals surface area contributed by atoms with Crippen molar-refractivity contribution in [3.8, 4) is 0 Å². The number of hydrogen-bond acceptors (Lipinski definition) is 0. The van der Waals surface area contributed by atoms with Gasteiger partial charge in [-0.05, 0) is 0 Å². The number of rotatable bonds is 0. The van der Waals surface area contributed by atoms with E-state index in [9.17, 15) is 0 Å². The van der Waals surface area contributed by atoms with E-state index in [-0.39, 0.29) is 122 Å². The molecular weight excluding hydrogens is 122 g/mol. The quantitative estimate of drug-likeness (QED) is 0.285. The molecule has 0 aromatic heterocycles. The minimum absolute atomic E-state index is 0. The van der Waals surface area contributed by atoms with Crippen LogP contribution in [0, 0.1) is 0 Å². The number of halogens is 1. The van der Waals surface area contributed by atoms with Gasteiger partial charge in [0.05, 0.1) is 0 Å². The Morgan fingerprint density at radius 2 is 1.25 bits per heavy atom. The molecule has 0 amide bonds. The Balaban J connectivity index is 0. The van der Waals surface area contributed by atoms with E-state index in [0.717, 1.165) is 0 Å². The fourth-order valence-corrected chi connectivity index (χ4v) is 0. The van der Waals surface area contributed by atoms with Gasteiger partial charge in [0, 0.05) is 0 Å². The molecule has 0 heterocycles. The molecule has 0 aromatic carbocycles. The maximum atomic E-state index is 0. The number of hydrogen-bond donors (Lipinski definition) is 0. The topological polar surface area (TPSA) is 0 Å². The Bertz CT molecular complexity index is 16.0. The molecule has 0 fully saturated rings. The molecule has 0 aliphatic carbocycles. The van der Waals surface area contributed by atoms with E-state index < -0.39 is 0 Å². The van der Waals surface area contributed by atoms with Crippen molar-refractivity contribution in [2.75, 3.05) is 0 Å². The summed E-state index contributed by atoms with van der Waals surface area (Å²) >= 11 is 0. The van der Waals surface area contributed by atoms with Crippen LogP contribution in [0.1, 0.15) is 5.71 Å². The van der Waals surface area contributed by atoms with Crippen LogP contribution in [0.25, 0.3) is 0 Å². The van der Waals surface area contributed by atoms with Crippen molar-refractivity contribution >= 4 is 35.5 Å². The van der Waals surface area contributed by atoms with Gasteiger partial charge in [0.1, 0.15) is 0 Å². The van der Waals surface area contributed by atoms with Crippen LogP contribution in [0.4, 0.5) is 0 Å². The van der Waals surface area contributed by atoms with Crippen LogP contribution < -0.4 is 80.9 Å². The molecule has 16 valence electrons. The predicted octanol–water partition coefficient (Wildman–Crippen LogP) is -5.50. The van der Waals surface area contributed by atoms with Gasteiger partial charge in [0.15, 0.2) is 0 Å². The molecule has 0 aromatic rings. The third-order valence-corrected chi connectivity index (χ3v) is 0. The second-order valence-electron chi connectivity index (χ2n) is 0. The molecule has 0 nitrogen and oxygen atoms in total. The molecule has 0 saturated carbocycles. The van der Waals surface area contributed by atoms with E-state index in [1.807, 2.05) is 0 Å². The molecule has 0 unspecified atom stereocenters. The second kappa shape index (κ2) is 15.9. The van der Waals surface area contributed by atoms with Crippen molar-refractivity contribution < 1.29 is 86.6 Å². The first-order valence-corrected chi connectivity index (χ1v) is 0. The van der Waals surface area contributed by atoms with Crippen LogP contribution in [0.2, 0.25) is 0 Å². The van der Waals surface area contributed by atoms with E-state index >= 15 is 0 Å². The molecular formula is H5ClKMgNa. The zero-order chi connectivity index (χ0) is 0. The molecule has 0 N–H and O–H groups in total. The van der Waals surface area contributed by atoms with Gasteiger partial charge in [-0.1, -0.05) is 0 Å². The summed E-state index contributed by atoms with van der Waals surface area (Å²) in [6.45, 7) is 0. The minimum Gasteiger partial charge on any atom is -1.00 e. The zero-order valence-electron chi connectivity index (χ0n) is 7.12. The smallest absolute Gasteiger partial charge is 1.00 e. The van der Waals surface area contributed by atoms with Crippen LogP contribution in [0.5, 0.6) is 0 Å². The van der Waals surface area contributed by atoms with Gasteiger partial charge in [0.25, 0.3) is 0 Å². The molecule has 0 saturated heterocycles. The summed E-state index contributed by atoms with van der Waals surface area (Å²) in [5, 5.41) is 0. The third-order valence-electron chi connectivity index (χ3n) is 0. The standard InChI is InChI=1S/ClH.K.Mg.Na.4H/h1H;;;;;;;/q;+1;+2;+1;4*-1. The Morgan fingerprint density at radius 1 is 1.25 bits per heavy atom. The van der Waals surface area contributed by atoms with Crippen molar-refractivity contribution in [3.63, 3.8) is 0 Å².